The number of halogens is 2. The van der Waals surface area contributed by atoms with Gasteiger partial charge < -0.3 is 9.64 Å². The molecule has 0 aliphatic carbocycles. The first-order chi connectivity index (χ1) is 7.54. The van der Waals surface area contributed by atoms with Gasteiger partial charge in [0.2, 0.25) is 0 Å². The molecule has 0 aliphatic heterocycles. The maximum absolute atomic E-state index is 6.03. The largest absolute Gasteiger partial charge is 0.467 e. The van der Waals surface area contributed by atoms with Crippen LogP contribution in [0.25, 0.3) is 0 Å². The van der Waals surface area contributed by atoms with Crippen LogP contribution in [0.3, 0.4) is 0 Å². The summed E-state index contributed by atoms with van der Waals surface area (Å²) in [7, 11) is 3.48. The van der Waals surface area contributed by atoms with Gasteiger partial charge in [-0.25, -0.2) is 4.98 Å². The molecule has 16 heavy (non-hydrogen) atoms. The summed E-state index contributed by atoms with van der Waals surface area (Å²) in [5, 5.41) is 0.533. The number of aromatic nitrogens is 2. The smallest absolute Gasteiger partial charge is 0.318 e. The van der Waals surface area contributed by atoms with Crippen LogP contribution >= 0.6 is 27.5 Å². The lowest BCUT2D eigenvalue weighted by atomic mass is 10.3. The molecule has 0 fully saturated rings. The normalized spacial score (nSPS) is 12.3. The number of anilines is 1. The van der Waals surface area contributed by atoms with Gasteiger partial charge in [0.25, 0.3) is 0 Å². The Morgan fingerprint density at radius 2 is 2.31 bits per heavy atom. The fourth-order valence-electron chi connectivity index (χ4n) is 1.19. The van der Waals surface area contributed by atoms with Crippen molar-refractivity contribution < 1.29 is 4.74 Å². The summed E-state index contributed by atoms with van der Waals surface area (Å²) in [5.74, 6) is 0.696. The molecule has 4 nitrogen and oxygen atoms in total. The molecule has 0 saturated heterocycles. The SMILES string of the molecule is COc1ncc(Cl)c(N(C)CCC(C)Br)n1. The molecule has 0 radical (unpaired) electrons. The Bertz CT molecular complexity index is 349. The van der Waals surface area contributed by atoms with E-state index in [1.807, 2.05) is 11.9 Å². The lowest BCUT2D eigenvalue weighted by Crippen LogP contribution is -2.22. The molecule has 1 rings (SSSR count). The van der Waals surface area contributed by atoms with Crippen LogP contribution in [0.2, 0.25) is 5.02 Å². The minimum Gasteiger partial charge on any atom is -0.467 e. The van der Waals surface area contributed by atoms with E-state index in [2.05, 4.69) is 32.8 Å². The van der Waals surface area contributed by atoms with Gasteiger partial charge in [0.15, 0.2) is 5.82 Å². The Labute approximate surface area is 109 Å². The highest BCUT2D eigenvalue weighted by molar-refractivity contribution is 9.09. The molecule has 90 valence electrons. The number of hydrogen-bond acceptors (Lipinski definition) is 4. The number of rotatable bonds is 5. The minimum atomic E-state index is 0.332. The minimum absolute atomic E-state index is 0.332. The average molecular weight is 309 g/mol. The van der Waals surface area contributed by atoms with Crippen molar-refractivity contribution >= 4 is 33.3 Å². The van der Waals surface area contributed by atoms with Crippen molar-refractivity contribution in [1.29, 1.82) is 0 Å². The zero-order valence-corrected chi connectivity index (χ0v) is 11.9. The molecular weight excluding hydrogens is 293 g/mol. The molecule has 1 aromatic heterocycles. The zero-order valence-electron chi connectivity index (χ0n) is 9.57. The molecule has 6 heteroatoms. The standard InChI is InChI=1S/C10H15BrClN3O/c1-7(11)4-5-15(2)9-8(12)6-13-10(14-9)16-3/h6-7H,4-5H2,1-3H3. The molecule has 0 amide bonds. The summed E-state index contributed by atoms with van der Waals surface area (Å²) in [6, 6.07) is 0.332. The highest BCUT2D eigenvalue weighted by Gasteiger charge is 2.11. The molecule has 1 heterocycles. The van der Waals surface area contributed by atoms with Gasteiger partial charge in [-0.05, 0) is 6.42 Å². The Balaban J connectivity index is 2.76. The fourth-order valence-corrected chi connectivity index (χ4v) is 1.63. The van der Waals surface area contributed by atoms with Crippen molar-refractivity contribution in [2.24, 2.45) is 0 Å². The molecule has 0 aliphatic rings. The summed E-state index contributed by atoms with van der Waals surface area (Å²) in [4.78, 5) is 10.6. The maximum Gasteiger partial charge on any atom is 0.318 e. The van der Waals surface area contributed by atoms with Gasteiger partial charge in [0.05, 0.1) is 13.3 Å². The van der Waals surface area contributed by atoms with Crippen molar-refractivity contribution in [2.75, 3.05) is 25.6 Å². The van der Waals surface area contributed by atoms with Gasteiger partial charge in [-0.15, -0.1) is 0 Å². The summed E-state index contributed by atoms with van der Waals surface area (Å²) in [5.41, 5.74) is 0. The second-order valence-electron chi connectivity index (χ2n) is 3.52. The Morgan fingerprint density at radius 3 is 2.88 bits per heavy atom. The van der Waals surface area contributed by atoms with Crippen LogP contribution in [-0.2, 0) is 0 Å². The van der Waals surface area contributed by atoms with E-state index >= 15 is 0 Å². The van der Waals surface area contributed by atoms with Gasteiger partial charge in [0.1, 0.15) is 5.02 Å². The van der Waals surface area contributed by atoms with Gasteiger partial charge in [-0.3, -0.25) is 0 Å². The maximum atomic E-state index is 6.03. The molecule has 1 atom stereocenters. The van der Waals surface area contributed by atoms with Crippen LogP contribution in [0.5, 0.6) is 6.01 Å². The third kappa shape index (κ3) is 3.79. The zero-order chi connectivity index (χ0) is 12.1. The van der Waals surface area contributed by atoms with E-state index < -0.39 is 0 Å². The lowest BCUT2D eigenvalue weighted by molar-refractivity contribution is 0.380. The molecule has 0 N–H and O–H groups in total. The van der Waals surface area contributed by atoms with Crippen molar-refractivity contribution in [3.63, 3.8) is 0 Å². The van der Waals surface area contributed by atoms with E-state index in [-0.39, 0.29) is 0 Å². The molecular formula is C10H15BrClN3O. The van der Waals surface area contributed by atoms with Crippen molar-refractivity contribution in [3.05, 3.63) is 11.2 Å². The topological polar surface area (TPSA) is 38.2 Å². The Hall–Kier alpha value is -0.550. The van der Waals surface area contributed by atoms with Crippen LogP contribution in [-0.4, -0.2) is 35.5 Å². The highest BCUT2D eigenvalue weighted by atomic mass is 79.9. The monoisotopic (exact) mass is 307 g/mol. The number of hydrogen-bond donors (Lipinski definition) is 0. The van der Waals surface area contributed by atoms with E-state index in [1.165, 1.54) is 7.11 Å². The van der Waals surface area contributed by atoms with Gasteiger partial charge >= 0.3 is 6.01 Å². The number of methoxy groups -OCH3 is 1. The molecule has 0 saturated carbocycles. The van der Waals surface area contributed by atoms with Crippen molar-refractivity contribution in [1.82, 2.24) is 9.97 Å². The third-order valence-electron chi connectivity index (χ3n) is 2.11. The quantitative estimate of drug-likeness (QED) is 0.784. The second-order valence-corrected chi connectivity index (χ2v) is 5.49. The van der Waals surface area contributed by atoms with E-state index in [9.17, 15) is 0 Å². The predicted octanol–water partition coefficient (Wildman–Crippen LogP) is 2.75. The Morgan fingerprint density at radius 1 is 1.62 bits per heavy atom. The number of ether oxygens (including phenoxy) is 1. The fraction of sp³-hybridized carbons (Fsp3) is 0.600. The van der Waals surface area contributed by atoms with Crippen molar-refractivity contribution in [3.8, 4) is 6.01 Å². The van der Waals surface area contributed by atoms with Gasteiger partial charge in [0, 0.05) is 18.4 Å². The van der Waals surface area contributed by atoms with E-state index in [0.29, 0.717) is 21.7 Å². The van der Waals surface area contributed by atoms with Crippen molar-refractivity contribution in [2.45, 2.75) is 18.2 Å². The third-order valence-corrected chi connectivity index (χ3v) is 2.83. The summed E-state index contributed by atoms with van der Waals surface area (Å²) < 4.78 is 4.97. The Kier molecular flexibility index (Phi) is 5.28. The summed E-state index contributed by atoms with van der Waals surface area (Å²) in [6.07, 6.45) is 2.57. The first kappa shape index (κ1) is 13.5. The predicted molar refractivity (Wildman–Crippen MR) is 69.9 cm³/mol. The highest BCUT2D eigenvalue weighted by Crippen LogP contribution is 2.23. The first-order valence-electron chi connectivity index (χ1n) is 4.96. The lowest BCUT2D eigenvalue weighted by Gasteiger charge is -2.19. The number of nitrogens with zero attached hydrogens (tertiary/aromatic N) is 3. The van der Waals surface area contributed by atoms with Crippen LogP contribution in [0.1, 0.15) is 13.3 Å². The first-order valence-corrected chi connectivity index (χ1v) is 6.25. The van der Waals surface area contributed by atoms with Crippen LogP contribution in [0.15, 0.2) is 6.20 Å². The van der Waals surface area contributed by atoms with E-state index in [4.69, 9.17) is 16.3 Å². The van der Waals surface area contributed by atoms with Crippen LogP contribution in [0, 0.1) is 0 Å². The molecule has 1 unspecified atom stereocenters. The number of alkyl halides is 1. The van der Waals surface area contributed by atoms with E-state index in [1.54, 1.807) is 6.20 Å². The second kappa shape index (κ2) is 6.25. The van der Waals surface area contributed by atoms with E-state index in [0.717, 1.165) is 13.0 Å². The summed E-state index contributed by atoms with van der Waals surface area (Å²) in [6.45, 7) is 2.97. The molecule has 0 spiro atoms. The molecule has 0 aromatic carbocycles. The van der Waals surface area contributed by atoms with Crippen LogP contribution in [0.4, 0.5) is 5.82 Å². The van der Waals surface area contributed by atoms with Crippen LogP contribution < -0.4 is 9.64 Å². The van der Waals surface area contributed by atoms with Gasteiger partial charge in [-0.1, -0.05) is 34.5 Å². The summed E-state index contributed by atoms with van der Waals surface area (Å²) >= 11 is 9.53. The molecule has 1 aromatic rings. The van der Waals surface area contributed by atoms with Gasteiger partial charge in [-0.2, -0.15) is 4.98 Å². The molecule has 0 bridgehead atoms. The average Bonchev–Trinajstić information content (AvgIpc) is 2.26.